The predicted molar refractivity (Wildman–Crippen MR) is 113 cm³/mol. The number of rotatable bonds is 6. The third-order valence-electron chi connectivity index (χ3n) is 4.68. The Balaban J connectivity index is 1.69. The first-order valence-corrected chi connectivity index (χ1v) is 10.8. The van der Waals surface area contributed by atoms with Crippen molar-refractivity contribution >= 4 is 23.4 Å². The van der Waals surface area contributed by atoms with Crippen molar-refractivity contribution in [2.24, 2.45) is 0 Å². The SMILES string of the molecule is CSCc1ccc(C(=O)Nc2ccccc2CN2CC(C)OC(C)C2)cc1. The van der Waals surface area contributed by atoms with E-state index in [1.807, 2.05) is 42.5 Å². The molecule has 0 radical (unpaired) electrons. The third-order valence-corrected chi connectivity index (χ3v) is 5.30. The summed E-state index contributed by atoms with van der Waals surface area (Å²) in [5.74, 6) is 0.892. The number of anilines is 1. The minimum Gasteiger partial charge on any atom is -0.373 e. The molecule has 2 unspecified atom stereocenters. The van der Waals surface area contributed by atoms with Crippen molar-refractivity contribution in [1.82, 2.24) is 4.90 Å². The van der Waals surface area contributed by atoms with E-state index in [2.05, 4.69) is 36.4 Å². The number of amides is 1. The molecule has 1 fully saturated rings. The smallest absolute Gasteiger partial charge is 0.255 e. The van der Waals surface area contributed by atoms with Gasteiger partial charge >= 0.3 is 0 Å². The van der Waals surface area contributed by atoms with Crippen molar-refractivity contribution in [2.75, 3.05) is 24.7 Å². The van der Waals surface area contributed by atoms with Gasteiger partial charge in [-0.25, -0.2) is 0 Å². The maximum Gasteiger partial charge on any atom is 0.255 e. The van der Waals surface area contributed by atoms with Crippen LogP contribution in [0.4, 0.5) is 5.69 Å². The Hall–Kier alpha value is -1.82. The summed E-state index contributed by atoms with van der Waals surface area (Å²) in [6.45, 7) is 6.84. The van der Waals surface area contributed by atoms with Crippen LogP contribution in [0.1, 0.15) is 35.3 Å². The molecule has 27 heavy (non-hydrogen) atoms. The van der Waals surface area contributed by atoms with Gasteiger partial charge in [-0.3, -0.25) is 9.69 Å². The van der Waals surface area contributed by atoms with E-state index in [0.29, 0.717) is 5.56 Å². The van der Waals surface area contributed by atoms with Gasteiger partial charge in [-0.1, -0.05) is 30.3 Å². The van der Waals surface area contributed by atoms with Crippen molar-refractivity contribution < 1.29 is 9.53 Å². The molecule has 2 atom stereocenters. The highest BCUT2D eigenvalue weighted by Gasteiger charge is 2.23. The van der Waals surface area contributed by atoms with Crippen LogP contribution in [-0.4, -0.2) is 42.4 Å². The molecule has 1 saturated heterocycles. The quantitative estimate of drug-likeness (QED) is 0.801. The van der Waals surface area contributed by atoms with Gasteiger partial charge in [0.1, 0.15) is 0 Å². The van der Waals surface area contributed by atoms with Gasteiger partial charge in [-0.05, 0) is 49.4 Å². The number of carbonyl (C=O) groups is 1. The van der Waals surface area contributed by atoms with E-state index < -0.39 is 0 Å². The van der Waals surface area contributed by atoms with E-state index in [-0.39, 0.29) is 18.1 Å². The van der Waals surface area contributed by atoms with E-state index in [0.717, 1.165) is 36.6 Å². The largest absolute Gasteiger partial charge is 0.373 e. The zero-order valence-corrected chi connectivity index (χ0v) is 17.1. The molecular weight excluding hydrogens is 356 g/mol. The Labute approximate surface area is 166 Å². The van der Waals surface area contributed by atoms with Gasteiger partial charge < -0.3 is 10.1 Å². The Morgan fingerprint density at radius 1 is 1.11 bits per heavy atom. The molecule has 144 valence electrons. The van der Waals surface area contributed by atoms with Crippen LogP contribution in [0, 0.1) is 0 Å². The number of ether oxygens (including phenoxy) is 1. The average molecular weight is 385 g/mol. The van der Waals surface area contributed by atoms with Gasteiger partial charge in [-0.15, -0.1) is 0 Å². The number of carbonyl (C=O) groups excluding carboxylic acids is 1. The van der Waals surface area contributed by atoms with E-state index in [1.165, 1.54) is 5.56 Å². The minimum absolute atomic E-state index is 0.0677. The van der Waals surface area contributed by atoms with Gasteiger partial charge in [0.25, 0.3) is 5.91 Å². The molecule has 0 bridgehead atoms. The number of para-hydroxylation sites is 1. The topological polar surface area (TPSA) is 41.6 Å². The van der Waals surface area contributed by atoms with Crippen LogP contribution in [-0.2, 0) is 17.0 Å². The van der Waals surface area contributed by atoms with Gasteiger partial charge in [0.05, 0.1) is 12.2 Å². The van der Waals surface area contributed by atoms with E-state index >= 15 is 0 Å². The van der Waals surface area contributed by atoms with Crippen molar-refractivity contribution in [2.45, 2.75) is 38.4 Å². The summed E-state index contributed by atoms with van der Waals surface area (Å²) < 4.78 is 5.82. The predicted octanol–water partition coefficient (Wildman–Crippen LogP) is 4.41. The molecule has 1 aliphatic heterocycles. The van der Waals surface area contributed by atoms with Crippen LogP contribution in [0.15, 0.2) is 48.5 Å². The molecule has 2 aromatic rings. The zero-order valence-electron chi connectivity index (χ0n) is 16.3. The lowest BCUT2D eigenvalue weighted by Crippen LogP contribution is -2.44. The summed E-state index contributed by atoms with van der Waals surface area (Å²) in [5.41, 5.74) is 3.92. The number of morpholine rings is 1. The van der Waals surface area contributed by atoms with Crippen LogP contribution in [0.3, 0.4) is 0 Å². The number of benzene rings is 2. The van der Waals surface area contributed by atoms with Crippen LogP contribution in [0.2, 0.25) is 0 Å². The Kier molecular flexibility index (Phi) is 6.94. The molecule has 1 aliphatic rings. The van der Waals surface area contributed by atoms with Crippen molar-refractivity contribution in [1.29, 1.82) is 0 Å². The van der Waals surface area contributed by atoms with Gasteiger partial charge in [0.15, 0.2) is 0 Å². The maximum atomic E-state index is 12.7. The molecule has 0 saturated carbocycles. The first kappa shape index (κ1) is 19.9. The number of nitrogens with one attached hydrogen (secondary N) is 1. The van der Waals surface area contributed by atoms with Crippen LogP contribution < -0.4 is 5.32 Å². The number of hydrogen-bond acceptors (Lipinski definition) is 4. The Morgan fingerprint density at radius 3 is 2.44 bits per heavy atom. The summed E-state index contributed by atoms with van der Waals surface area (Å²) in [6.07, 6.45) is 2.54. The molecule has 5 heteroatoms. The molecule has 1 N–H and O–H groups in total. The second kappa shape index (κ2) is 9.40. The standard InChI is InChI=1S/C22H28N2O2S/c1-16-12-24(13-17(2)26-16)14-20-6-4-5-7-21(20)23-22(25)19-10-8-18(9-11-19)15-27-3/h4-11,16-17H,12-15H2,1-3H3,(H,23,25). The first-order valence-electron chi connectivity index (χ1n) is 9.40. The highest BCUT2D eigenvalue weighted by molar-refractivity contribution is 7.97. The summed E-state index contributed by atoms with van der Waals surface area (Å²) in [6, 6.07) is 15.9. The lowest BCUT2D eigenvalue weighted by molar-refractivity contribution is -0.0704. The average Bonchev–Trinajstić information content (AvgIpc) is 2.63. The number of thioether (sulfide) groups is 1. The van der Waals surface area contributed by atoms with Gasteiger partial charge in [0, 0.05) is 36.6 Å². The molecule has 0 aliphatic carbocycles. The van der Waals surface area contributed by atoms with E-state index in [9.17, 15) is 4.79 Å². The second-order valence-electron chi connectivity index (χ2n) is 7.19. The first-order chi connectivity index (χ1) is 13.0. The summed E-state index contributed by atoms with van der Waals surface area (Å²) in [4.78, 5) is 15.1. The second-order valence-corrected chi connectivity index (χ2v) is 8.06. The molecular formula is C22H28N2O2S. The van der Waals surface area contributed by atoms with Crippen molar-refractivity contribution in [3.8, 4) is 0 Å². The normalized spacial score (nSPS) is 20.4. The fourth-order valence-corrected chi connectivity index (χ4v) is 4.07. The summed E-state index contributed by atoms with van der Waals surface area (Å²) >= 11 is 1.78. The number of nitrogens with zero attached hydrogens (tertiary/aromatic N) is 1. The van der Waals surface area contributed by atoms with Crippen LogP contribution in [0.5, 0.6) is 0 Å². The Morgan fingerprint density at radius 2 is 1.78 bits per heavy atom. The van der Waals surface area contributed by atoms with Crippen molar-refractivity contribution in [3.05, 3.63) is 65.2 Å². The summed E-state index contributed by atoms with van der Waals surface area (Å²) in [7, 11) is 0. The van der Waals surface area contributed by atoms with Gasteiger partial charge in [-0.2, -0.15) is 11.8 Å². The molecule has 2 aromatic carbocycles. The maximum absolute atomic E-state index is 12.7. The minimum atomic E-state index is -0.0677. The van der Waals surface area contributed by atoms with Crippen LogP contribution >= 0.6 is 11.8 Å². The highest BCUT2D eigenvalue weighted by atomic mass is 32.2. The van der Waals surface area contributed by atoms with E-state index in [1.54, 1.807) is 11.8 Å². The van der Waals surface area contributed by atoms with Crippen LogP contribution in [0.25, 0.3) is 0 Å². The summed E-state index contributed by atoms with van der Waals surface area (Å²) in [5, 5.41) is 3.09. The number of hydrogen-bond donors (Lipinski definition) is 1. The third kappa shape index (κ3) is 5.58. The molecule has 0 aromatic heterocycles. The molecule has 0 spiro atoms. The monoisotopic (exact) mass is 384 g/mol. The van der Waals surface area contributed by atoms with Crippen molar-refractivity contribution in [3.63, 3.8) is 0 Å². The molecule has 1 amide bonds. The molecule has 3 rings (SSSR count). The fourth-order valence-electron chi connectivity index (χ4n) is 3.55. The Bertz CT molecular complexity index is 753. The fraction of sp³-hybridized carbons (Fsp3) is 0.409. The molecule has 4 nitrogen and oxygen atoms in total. The lowest BCUT2D eigenvalue weighted by Gasteiger charge is -2.35. The highest BCUT2D eigenvalue weighted by Crippen LogP contribution is 2.21. The van der Waals surface area contributed by atoms with E-state index in [4.69, 9.17) is 4.74 Å². The molecule has 1 heterocycles. The van der Waals surface area contributed by atoms with Gasteiger partial charge in [0.2, 0.25) is 0 Å². The zero-order chi connectivity index (χ0) is 19.2. The lowest BCUT2D eigenvalue weighted by atomic mass is 10.1.